The zero-order chi connectivity index (χ0) is 21.3. The average molecular weight is 405 g/mol. The quantitative estimate of drug-likeness (QED) is 0.453. The van der Waals surface area contributed by atoms with Crippen LogP contribution in [0.15, 0.2) is 54.1 Å². The molecule has 2 aromatic carbocycles. The number of carbonyl (C=O) groups is 2. The monoisotopic (exact) mass is 405 g/mol. The number of nitrogens with zero attached hydrogens (tertiary/aromatic N) is 1. The number of Topliss-reactive ketones (excluding diaryl/α,β-unsaturated/α-hetero) is 1. The van der Waals surface area contributed by atoms with Gasteiger partial charge in [-0.3, -0.25) is 9.59 Å². The van der Waals surface area contributed by atoms with E-state index in [2.05, 4.69) is 0 Å². The van der Waals surface area contributed by atoms with Gasteiger partial charge in [0.05, 0.1) is 18.7 Å². The summed E-state index contributed by atoms with van der Waals surface area (Å²) in [5.41, 5.74) is 2.52. The molecule has 1 saturated carbocycles. The smallest absolute Gasteiger partial charge is 0.295 e. The number of benzene rings is 2. The Labute approximate surface area is 177 Å². The molecule has 4 rings (SSSR count). The minimum Gasteiger partial charge on any atom is -0.507 e. The van der Waals surface area contributed by atoms with Crippen LogP contribution in [-0.2, 0) is 9.59 Å². The van der Waals surface area contributed by atoms with Crippen molar-refractivity contribution < 1.29 is 19.4 Å². The lowest BCUT2D eigenvalue weighted by molar-refractivity contribution is -0.141. The number of ether oxygens (including phenoxy) is 1. The van der Waals surface area contributed by atoms with Gasteiger partial charge < -0.3 is 14.7 Å². The fraction of sp³-hybridized carbons (Fsp3) is 0.360. The summed E-state index contributed by atoms with van der Waals surface area (Å²) in [6, 6.07) is 14.1. The number of aryl methyl sites for hydroxylation is 1. The number of amides is 1. The van der Waals surface area contributed by atoms with Crippen molar-refractivity contribution in [2.75, 3.05) is 7.11 Å². The van der Waals surface area contributed by atoms with Gasteiger partial charge in [-0.05, 0) is 37.5 Å². The van der Waals surface area contributed by atoms with Crippen LogP contribution in [0.5, 0.6) is 5.75 Å². The lowest BCUT2D eigenvalue weighted by atomic mass is 9.91. The van der Waals surface area contributed by atoms with Gasteiger partial charge in [0, 0.05) is 11.6 Å². The molecule has 1 N–H and O–H groups in total. The second-order valence-electron chi connectivity index (χ2n) is 8.14. The summed E-state index contributed by atoms with van der Waals surface area (Å²) in [4.78, 5) is 28.0. The predicted molar refractivity (Wildman–Crippen MR) is 115 cm³/mol. The maximum atomic E-state index is 13.1. The first-order valence-electron chi connectivity index (χ1n) is 10.5. The molecule has 1 saturated heterocycles. The zero-order valence-corrected chi connectivity index (χ0v) is 17.4. The Morgan fingerprint density at radius 3 is 2.40 bits per heavy atom. The molecule has 156 valence electrons. The number of hydrogen-bond donors (Lipinski definition) is 1. The van der Waals surface area contributed by atoms with E-state index in [1.807, 2.05) is 43.3 Å². The van der Waals surface area contributed by atoms with Crippen molar-refractivity contribution >= 4 is 17.4 Å². The summed E-state index contributed by atoms with van der Waals surface area (Å²) in [5.74, 6) is -0.619. The number of carbonyl (C=O) groups excluding carboxylic acids is 2. The summed E-state index contributed by atoms with van der Waals surface area (Å²) in [6.07, 6.45) is 4.97. The molecule has 2 aromatic rings. The van der Waals surface area contributed by atoms with Crippen molar-refractivity contribution in [2.24, 2.45) is 0 Å². The fourth-order valence-corrected chi connectivity index (χ4v) is 4.59. The van der Waals surface area contributed by atoms with E-state index in [1.54, 1.807) is 24.1 Å². The Bertz CT molecular complexity index is 986. The van der Waals surface area contributed by atoms with Crippen LogP contribution in [0, 0.1) is 6.92 Å². The van der Waals surface area contributed by atoms with Gasteiger partial charge in [0.25, 0.3) is 11.7 Å². The van der Waals surface area contributed by atoms with E-state index in [0.717, 1.165) is 43.2 Å². The summed E-state index contributed by atoms with van der Waals surface area (Å²) >= 11 is 0. The molecule has 0 spiro atoms. The molecule has 2 fully saturated rings. The number of aliphatic hydroxyl groups excluding tert-OH is 1. The highest BCUT2D eigenvalue weighted by Gasteiger charge is 2.48. The minimum absolute atomic E-state index is 0.00489. The number of hydrogen-bond acceptors (Lipinski definition) is 4. The number of likely N-dealkylation sites (tertiary alicyclic amines) is 1. The van der Waals surface area contributed by atoms with Crippen molar-refractivity contribution in [3.8, 4) is 5.75 Å². The molecule has 1 atom stereocenters. The van der Waals surface area contributed by atoms with E-state index in [1.165, 1.54) is 0 Å². The maximum Gasteiger partial charge on any atom is 0.295 e. The fourth-order valence-electron chi connectivity index (χ4n) is 4.59. The molecule has 1 aliphatic carbocycles. The van der Waals surface area contributed by atoms with E-state index in [-0.39, 0.29) is 17.4 Å². The van der Waals surface area contributed by atoms with E-state index < -0.39 is 17.7 Å². The second kappa shape index (κ2) is 8.34. The van der Waals surface area contributed by atoms with Gasteiger partial charge in [-0.15, -0.1) is 0 Å². The van der Waals surface area contributed by atoms with Crippen LogP contribution in [-0.4, -0.2) is 34.8 Å². The normalized spacial score (nSPS) is 21.8. The van der Waals surface area contributed by atoms with Gasteiger partial charge in [-0.25, -0.2) is 0 Å². The highest BCUT2D eigenvalue weighted by molar-refractivity contribution is 6.46. The van der Waals surface area contributed by atoms with Crippen LogP contribution >= 0.6 is 0 Å². The van der Waals surface area contributed by atoms with Crippen molar-refractivity contribution in [3.63, 3.8) is 0 Å². The number of aliphatic hydroxyl groups is 1. The van der Waals surface area contributed by atoms with Crippen LogP contribution in [0.3, 0.4) is 0 Å². The van der Waals surface area contributed by atoms with Crippen molar-refractivity contribution in [3.05, 3.63) is 70.8 Å². The van der Waals surface area contributed by atoms with Crippen LogP contribution in [0.2, 0.25) is 0 Å². The highest BCUT2D eigenvalue weighted by Crippen LogP contribution is 2.43. The highest BCUT2D eigenvalue weighted by atomic mass is 16.5. The van der Waals surface area contributed by atoms with Crippen molar-refractivity contribution in [1.29, 1.82) is 0 Å². The number of methoxy groups -OCH3 is 1. The molecule has 1 unspecified atom stereocenters. The number of rotatable bonds is 4. The third-order valence-corrected chi connectivity index (χ3v) is 6.18. The molecule has 0 radical (unpaired) electrons. The first-order valence-corrected chi connectivity index (χ1v) is 10.5. The molecule has 1 amide bonds. The van der Waals surface area contributed by atoms with Crippen molar-refractivity contribution in [1.82, 2.24) is 4.90 Å². The molecule has 2 aliphatic rings. The molecule has 5 nitrogen and oxygen atoms in total. The van der Waals surface area contributed by atoms with Gasteiger partial charge in [-0.1, -0.05) is 61.2 Å². The van der Waals surface area contributed by atoms with E-state index in [0.29, 0.717) is 11.3 Å². The Balaban J connectivity index is 1.87. The summed E-state index contributed by atoms with van der Waals surface area (Å²) in [7, 11) is 1.59. The zero-order valence-electron chi connectivity index (χ0n) is 17.4. The largest absolute Gasteiger partial charge is 0.507 e. The predicted octanol–water partition coefficient (Wildman–Crippen LogP) is 4.76. The standard InChI is InChI=1S/C25H27NO4/c1-16-11-13-17(14-12-16)23(27)21-22(18-7-6-10-20(15-18)30-2)26(25(29)24(21)28)19-8-4-3-5-9-19/h6-7,10-15,19,22,27H,3-5,8-9H2,1-2H3/b23-21-. The van der Waals surface area contributed by atoms with Gasteiger partial charge in [0.1, 0.15) is 11.5 Å². The first-order chi connectivity index (χ1) is 14.5. The van der Waals surface area contributed by atoms with Gasteiger partial charge >= 0.3 is 0 Å². The van der Waals surface area contributed by atoms with Crippen LogP contribution in [0.4, 0.5) is 0 Å². The Hall–Kier alpha value is -3.08. The van der Waals surface area contributed by atoms with Crippen LogP contribution in [0.1, 0.15) is 54.8 Å². The third kappa shape index (κ3) is 3.60. The SMILES string of the molecule is COc1cccc(C2/C(=C(/O)c3ccc(C)cc3)C(=O)C(=O)N2C2CCCCC2)c1. The lowest BCUT2D eigenvalue weighted by Crippen LogP contribution is -2.40. The molecular weight excluding hydrogens is 378 g/mol. The van der Waals surface area contributed by atoms with Gasteiger partial charge in [0.15, 0.2) is 0 Å². The second-order valence-corrected chi connectivity index (χ2v) is 8.14. The summed E-state index contributed by atoms with van der Waals surface area (Å²) in [6.45, 7) is 1.96. The van der Waals surface area contributed by atoms with Crippen LogP contribution < -0.4 is 4.74 Å². The molecule has 5 heteroatoms. The Morgan fingerprint density at radius 1 is 1.03 bits per heavy atom. The molecule has 1 aliphatic heterocycles. The average Bonchev–Trinajstić information content (AvgIpc) is 3.05. The molecule has 1 heterocycles. The maximum absolute atomic E-state index is 13.1. The lowest BCUT2D eigenvalue weighted by Gasteiger charge is -2.35. The van der Waals surface area contributed by atoms with Crippen molar-refractivity contribution in [2.45, 2.75) is 51.1 Å². The van der Waals surface area contributed by atoms with Gasteiger partial charge in [0.2, 0.25) is 0 Å². The van der Waals surface area contributed by atoms with E-state index >= 15 is 0 Å². The van der Waals surface area contributed by atoms with E-state index in [4.69, 9.17) is 4.74 Å². The molecule has 0 aromatic heterocycles. The topological polar surface area (TPSA) is 66.8 Å². The Kier molecular flexibility index (Phi) is 5.62. The summed E-state index contributed by atoms with van der Waals surface area (Å²) in [5, 5.41) is 11.1. The van der Waals surface area contributed by atoms with Crippen LogP contribution in [0.25, 0.3) is 5.76 Å². The Morgan fingerprint density at radius 2 is 1.73 bits per heavy atom. The first kappa shape index (κ1) is 20.2. The third-order valence-electron chi connectivity index (χ3n) is 6.18. The van der Waals surface area contributed by atoms with E-state index in [9.17, 15) is 14.7 Å². The minimum atomic E-state index is -0.621. The molecule has 30 heavy (non-hydrogen) atoms. The van der Waals surface area contributed by atoms with Gasteiger partial charge in [-0.2, -0.15) is 0 Å². The molecular formula is C25H27NO4. The summed E-state index contributed by atoms with van der Waals surface area (Å²) < 4.78 is 5.38. The number of ketones is 1. The molecule has 0 bridgehead atoms.